The van der Waals surface area contributed by atoms with Gasteiger partial charge >= 0.3 is 0 Å². The van der Waals surface area contributed by atoms with Gasteiger partial charge in [0, 0.05) is 19.2 Å². The van der Waals surface area contributed by atoms with Crippen molar-refractivity contribution >= 4 is 16.9 Å². The standard InChI is InChI=1S/C23H22N4O3/c1-27-22-20(14-25-27)19(12-21(26-22)16-7-9-17(29-2)10-8-16)23(28)24-13-15-5-4-6-18(11-15)30-3/h4-12,14H,13H2,1-3H3,(H,24,28). The van der Waals surface area contributed by atoms with Gasteiger partial charge in [-0.1, -0.05) is 12.1 Å². The minimum atomic E-state index is -0.187. The zero-order valence-electron chi connectivity index (χ0n) is 17.0. The molecule has 4 aromatic rings. The van der Waals surface area contributed by atoms with Crippen molar-refractivity contribution in [3.05, 3.63) is 71.9 Å². The number of nitrogens with zero attached hydrogens (tertiary/aromatic N) is 3. The lowest BCUT2D eigenvalue weighted by atomic mass is 10.1. The summed E-state index contributed by atoms with van der Waals surface area (Å²) in [6.45, 7) is 0.387. The number of hydrogen-bond donors (Lipinski definition) is 1. The summed E-state index contributed by atoms with van der Waals surface area (Å²) in [5.74, 6) is 1.33. The highest BCUT2D eigenvalue weighted by Gasteiger charge is 2.17. The van der Waals surface area contributed by atoms with Crippen LogP contribution in [-0.2, 0) is 13.6 Å². The van der Waals surface area contributed by atoms with E-state index >= 15 is 0 Å². The van der Waals surface area contributed by atoms with Gasteiger partial charge in [-0.2, -0.15) is 5.10 Å². The molecule has 0 spiro atoms. The molecule has 1 amide bonds. The average Bonchev–Trinajstić information content (AvgIpc) is 3.17. The quantitative estimate of drug-likeness (QED) is 0.533. The van der Waals surface area contributed by atoms with E-state index in [0.29, 0.717) is 28.8 Å². The molecule has 1 N–H and O–H groups in total. The topological polar surface area (TPSA) is 78.3 Å². The van der Waals surface area contributed by atoms with E-state index in [-0.39, 0.29) is 5.91 Å². The predicted molar refractivity (Wildman–Crippen MR) is 115 cm³/mol. The molecule has 0 radical (unpaired) electrons. The van der Waals surface area contributed by atoms with Gasteiger partial charge in [0.2, 0.25) is 0 Å². The fraction of sp³-hybridized carbons (Fsp3) is 0.174. The highest BCUT2D eigenvalue weighted by atomic mass is 16.5. The number of amides is 1. The Morgan fingerprint density at radius 1 is 1.03 bits per heavy atom. The summed E-state index contributed by atoms with van der Waals surface area (Å²) in [5, 5.41) is 7.97. The third-order valence-electron chi connectivity index (χ3n) is 4.92. The van der Waals surface area contributed by atoms with Crippen molar-refractivity contribution in [2.24, 2.45) is 7.05 Å². The number of rotatable bonds is 6. The Balaban J connectivity index is 1.67. The van der Waals surface area contributed by atoms with Gasteiger partial charge in [-0.3, -0.25) is 9.48 Å². The number of aromatic nitrogens is 3. The largest absolute Gasteiger partial charge is 0.497 e. The van der Waals surface area contributed by atoms with Crippen LogP contribution in [0, 0.1) is 0 Å². The van der Waals surface area contributed by atoms with E-state index < -0.39 is 0 Å². The van der Waals surface area contributed by atoms with Crippen molar-refractivity contribution in [1.29, 1.82) is 0 Å². The molecular weight excluding hydrogens is 380 g/mol. The molecule has 7 nitrogen and oxygen atoms in total. The third kappa shape index (κ3) is 3.82. The van der Waals surface area contributed by atoms with Gasteiger partial charge in [-0.05, 0) is 48.0 Å². The number of ether oxygens (including phenoxy) is 2. The Labute approximate surface area is 174 Å². The predicted octanol–water partition coefficient (Wildman–Crippen LogP) is 3.58. The van der Waals surface area contributed by atoms with Crippen LogP contribution >= 0.6 is 0 Å². The number of hydrogen-bond acceptors (Lipinski definition) is 5. The highest BCUT2D eigenvalue weighted by molar-refractivity contribution is 6.06. The van der Waals surface area contributed by atoms with Crippen molar-refractivity contribution < 1.29 is 14.3 Å². The molecule has 30 heavy (non-hydrogen) atoms. The molecule has 7 heteroatoms. The normalized spacial score (nSPS) is 10.8. The van der Waals surface area contributed by atoms with Crippen molar-refractivity contribution in [1.82, 2.24) is 20.1 Å². The Kier molecular flexibility index (Phi) is 5.34. The van der Waals surface area contributed by atoms with Gasteiger partial charge in [0.1, 0.15) is 11.5 Å². The number of carbonyl (C=O) groups excluding carboxylic acids is 1. The minimum absolute atomic E-state index is 0.187. The maximum absolute atomic E-state index is 13.1. The lowest BCUT2D eigenvalue weighted by Crippen LogP contribution is -2.23. The first-order chi connectivity index (χ1) is 14.6. The number of carbonyl (C=O) groups is 1. The molecule has 0 aliphatic carbocycles. The minimum Gasteiger partial charge on any atom is -0.497 e. The zero-order chi connectivity index (χ0) is 21.1. The van der Waals surface area contributed by atoms with E-state index in [0.717, 1.165) is 22.6 Å². The lowest BCUT2D eigenvalue weighted by Gasteiger charge is -2.10. The number of benzene rings is 2. The molecule has 0 aliphatic rings. The number of aryl methyl sites for hydroxylation is 1. The van der Waals surface area contributed by atoms with E-state index in [1.165, 1.54) is 0 Å². The van der Waals surface area contributed by atoms with Gasteiger partial charge in [0.25, 0.3) is 5.91 Å². The molecular formula is C23H22N4O3. The monoisotopic (exact) mass is 402 g/mol. The second kappa shape index (κ2) is 8.24. The molecule has 0 saturated heterocycles. The van der Waals surface area contributed by atoms with Gasteiger partial charge < -0.3 is 14.8 Å². The molecule has 0 unspecified atom stereocenters. The number of methoxy groups -OCH3 is 2. The van der Waals surface area contributed by atoms with Crippen LogP contribution in [0.15, 0.2) is 60.8 Å². The smallest absolute Gasteiger partial charge is 0.252 e. The molecule has 0 bridgehead atoms. The van der Waals surface area contributed by atoms with E-state index in [2.05, 4.69) is 10.4 Å². The van der Waals surface area contributed by atoms with Gasteiger partial charge in [0.05, 0.1) is 37.1 Å². The van der Waals surface area contributed by atoms with Gasteiger partial charge in [-0.25, -0.2) is 4.98 Å². The highest BCUT2D eigenvalue weighted by Crippen LogP contribution is 2.26. The molecule has 2 aromatic carbocycles. The summed E-state index contributed by atoms with van der Waals surface area (Å²) in [6.07, 6.45) is 1.67. The number of nitrogens with one attached hydrogen (secondary N) is 1. The van der Waals surface area contributed by atoms with Gasteiger partial charge in [0.15, 0.2) is 5.65 Å². The summed E-state index contributed by atoms with van der Waals surface area (Å²) < 4.78 is 12.1. The first-order valence-electron chi connectivity index (χ1n) is 9.47. The lowest BCUT2D eigenvalue weighted by molar-refractivity contribution is 0.0952. The first-order valence-corrected chi connectivity index (χ1v) is 9.47. The maximum atomic E-state index is 13.1. The van der Waals surface area contributed by atoms with E-state index in [9.17, 15) is 4.79 Å². The maximum Gasteiger partial charge on any atom is 0.252 e. The van der Waals surface area contributed by atoms with Crippen LogP contribution in [-0.4, -0.2) is 34.9 Å². The Morgan fingerprint density at radius 2 is 1.80 bits per heavy atom. The SMILES string of the molecule is COc1ccc(-c2cc(C(=O)NCc3cccc(OC)c3)c3cnn(C)c3n2)cc1. The van der Waals surface area contributed by atoms with Crippen molar-refractivity contribution in [3.8, 4) is 22.8 Å². The first kappa shape index (κ1) is 19.4. The number of fused-ring (bicyclic) bond motifs is 1. The summed E-state index contributed by atoms with van der Waals surface area (Å²) in [5.41, 5.74) is 3.72. The summed E-state index contributed by atoms with van der Waals surface area (Å²) in [6, 6.07) is 17.0. The van der Waals surface area contributed by atoms with Crippen LogP contribution in [0.2, 0.25) is 0 Å². The van der Waals surface area contributed by atoms with E-state index in [1.807, 2.05) is 55.6 Å². The average molecular weight is 402 g/mol. The van der Waals surface area contributed by atoms with Gasteiger partial charge in [-0.15, -0.1) is 0 Å². The Hall–Kier alpha value is -3.87. The van der Waals surface area contributed by atoms with Crippen molar-refractivity contribution in [2.75, 3.05) is 14.2 Å². The van der Waals surface area contributed by atoms with Crippen LogP contribution in [0.3, 0.4) is 0 Å². The van der Waals surface area contributed by atoms with Crippen LogP contribution in [0.1, 0.15) is 15.9 Å². The molecule has 0 aliphatic heterocycles. The van der Waals surface area contributed by atoms with Crippen molar-refractivity contribution in [3.63, 3.8) is 0 Å². The molecule has 152 valence electrons. The molecule has 2 heterocycles. The van der Waals surface area contributed by atoms with E-state index in [1.54, 1.807) is 31.2 Å². The summed E-state index contributed by atoms with van der Waals surface area (Å²) in [7, 11) is 5.05. The van der Waals surface area contributed by atoms with Crippen LogP contribution in [0.5, 0.6) is 11.5 Å². The Bertz CT molecular complexity index is 1200. The molecule has 0 fully saturated rings. The van der Waals surface area contributed by atoms with E-state index in [4.69, 9.17) is 14.5 Å². The molecule has 0 saturated carbocycles. The van der Waals surface area contributed by atoms with Crippen LogP contribution < -0.4 is 14.8 Å². The third-order valence-corrected chi connectivity index (χ3v) is 4.92. The fourth-order valence-corrected chi connectivity index (χ4v) is 3.27. The second-order valence-electron chi connectivity index (χ2n) is 6.82. The van der Waals surface area contributed by atoms with Crippen LogP contribution in [0.4, 0.5) is 0 Å². The molecule has 0 atom stereocenters. The summed E-state index contributed by atoms with van der Waals surface area (Å²) >= 11 is 0. The van der Waals surface area contributed by atoms with Crippen LogP contribution in [0.25, 0.3) is 22.3 Å². The zero-order valence-corrected chi connectivity index (χ0v) is 17.0. The fourth-order valence-electron chi connectivity index (χ4n) is 3.27. The molecule has 4 rings (SSSR count). The number of pyridine rings is 1. The molecule has 2 aromatic heterocycles. The van der Waals surface area contributed by atoms with Crippen molar-refractivity contribution in [2.45, 2.75) is 6.54 Å². The second-order valence-corrected chi connectivity index (χ2v) is 6.82. The summed E-state index contributed by atoms with van der Waals surface area (Å²) in [4.78, 5) is 17.8. The Morgan fingerprint density at radius 3 is 2.53 bits per heavy atom.